The van der Waals surface area contributed by atoms with E-state index in [9.17, 15) is 14.4 Å². The summed E-state index contributed by atoms with van der Waals surface area (Å²) in [7, 11) is 0. The zero-order chi connectivity index (χ0) is 53.9. The average Bonchev–Trinajstić information content (AvgIpc) is 3.38. The minimum absolute atomic E-state index is 0.0614. The number of carbonyl (C=O) groups excluding carboxylic acids is 3. The van der Waals surface area contributed by atoms with Crippen molar-refractivity contribution in [2.24, 2.45) is 11.8 Å². The van der Waals surface area contributed by atoms with Gasteiger partial charge in [-0.15, -0.1) is 0 Å². The van der Waals surface area contributed by atoms with Crippen molar-refractivity contribution in [1.29, 1.82) is 0 Å². The van der Waals surface area contributed by atoms with Crippen LogP contribution in [0.3, 0.4) is 0 Å². The minimum Gasteiger partial charge on any atom is -0.462 e. The van der Waals surface area contributed by atoms with Crippen molar-refractivity contribution in [3.8, 4) is 0 Å². The van der Waals surface area contributed by atoms with Crippen molar-refractivity contribution in [3.63, 3.8) is 0 Å². The van der Waals surface area contributed by atoms with Crippen molar-refractivity contribution < 1.29 is 28.6 Å². The molecule has 1 atom stereocenters. The summed E-state index contributed by atoms with van der Waals surface area (Å²) >= 11 is 0. The Morgan fingerprint density at radius 1 is 0.257 bits per heavy atom. The van der Waals surface area contributed by atoms with E-state index in [0.717, 1.165) is 69.6 Å². The van der Waals surface area contributed by atoms with E-state index in [1.54, 1.807) is 0 Å². The summed E-state index contributed by atoms with van der Waals surface area (Å²) in [5.74, 6) is 0.880. The number of unbranched alkanes of at least 4 members (excludes halogenated alkanes) is 47. The molecule has 0 aliphatic rings. The highest BCUT2D eigenvalue weighted by molar-refractivity contribution is 5.71. The Morgan fingerprint density at radius 3 is 0.662 bits per heavy atom. The van der Waals surface area contributed by atoms with Crippen LogP contribution in [-0.4, -0.2) is 37.2 Å². The normalized spacial score (nSPS) is 12.0. The summed E-state index contributed by atoms with van der Waals surface area (Å²) in [5.41, 5.74) is 0. The number of rotatable bonds is 62. The van der Waals surface area contributed by atoms with Gasteiger partial charge in [0.2, 0.25) is 0 Å². The Labute approximate surface area is 463 Å². The lowest BCUT2D eigenvalue weighted by Crippen LogP contribution is -2.30. The zero-order valence-electron chi connectivity index (χ0n) is 51.0. The van der Waals surface area contributed by atoms with E-state index in [2.05, 4.69) is 34.6 Å². The van der Waals surface area contributed by atoms with Crippen LogP contribution in [0.2, 0.25) is 0 Å². The summed E-state index contributed by atoms with van der Waals surface area (Å²) in [6, 6.07) is 0. The van der Waals surface area contributed by atoms with Gasteiger partial charge in [-0.05, 0) is 31.1 Å². The van der Waals surface area contributed by atoms with E-state index in [-0.39, 0.29) is 31.1 Å². The Morgan fingerprint density at radius 2 is 0.446 bits per heavy atom. The van der Waals surface area contributed by atoms with Gasteiger partial charge >= 0.3 is 17.9 Å². The van der Waals surface area contributed by atoms with Crippen molar-refractivity contribution in [3.05, 3.63) is 0 Å². The smallest absolute Gasteiger partial charge is 0.306 e. The SMILES string of the molecule is CCCCCCCCCCCCCCCCCCCC(=O)OC[C@@H](COC(=O)CCCCCCCCCCCCCCCCCCCCC(C)C)OC(=O)CCCCCCCCCCCCCCCCCC(C)C. The molecule has 0 saturated carbocycles. The van der Waals surface area contributed by atoms with E-state index in [4.69, 9.17) is 14.2 Å². The van der Waals surface area contributed by atoms with Crippen LogP contribution in [0.15, 0.2) is 0 Å². The van der Waals surface area contributed by atoms with Gasteiger partial charge in [0.15, 0.2) is 6.10 Å². The van der Waals surface area contributed by atoms with Crippen molar-refractivity contribution in [1.82, 2.24) is 0 Å². The Kier molecular flexibility index (Phi) is 59.3. The maximum absolute atomic E-state index is 12.9. The average molecular weight is 1050 g/mol. The van der Waals surface area contributed by atoms with Gasteiger partial charge in [0.05, 0.1) is 0 Å². The highest BCUT2D eigenvalue weighted by atomic mass is 16.6. The monoisotopic (exact) mass is 1050 g/mol. The topological polar surface area (TPSA) is 78.9 Å². The summed E-state index contributed by atoms with van der Waals surface area (Å²) < 4.78 is 17.0. The van der Waals surface area contributed by atoms with E-state index in [1.807, 2.05) is 0 Å². The third kappa shape index (κ3) is 61.3. The van der Waals surface area contributed by atoms with Gasteiger partial charge in [0.25, 0.3) is 0 Å². The van der Waals surface area contributed by atoms with Crippen LogP contribution in [-0.2, 0) is 28.6 Å². The summed E-state index contributed by atoms with van der Waals surface area (Å²) in [6.07, 6.45) is 68.2. The summed E-state index contributed by atoms with van der Waals surface area (Å²) in [4.78, 5) is 38.4. The predicted octanol–water partition coefficient (Wildman–Crippen LogP) is 22.8. The van der Waals surface area contributed by atoms with E-state index < -0.39 is 6.10 Å². The van der Waals surface area contributed by atoms with Gasteiger partial charge in [0.1, 0.15) is 13.2 Å². The largest absolute Gasteiger partial charge is 0.462 e. The first kappa shape index (κ1) is 72.4. The molecule has 0 spiro atoms. The molecule has 0 amide bonds. The molecule has 0 bridgehead atoms. The van der Waals surface area contributed by atoms with Crippen LogP contribution < -0.4 is 0 Å². The van der Waals surface area contributed by atoms with Gasteiger partial charge in [-0.25, -0.2) is 0 Å². The number of hydrogen-bond acceptors (Lipinski definition) is 6. The molecule has 0 fully saturated rings. The molecule has 0 rings (SSSR count). The van der Waals surface area contributed by atoms with Gasteiger partial charge < -0.3 is 14.2 Å². The molecule has 0 saturated heterocycles. The highest BCUT2D eigenvalue weighted by Crippen LogP contribution is 2.19. The molecule has 0 unspecified atom stereocenters. The summed E-state index contributed by atoms with van der Waals surface area (Å²) in [5, 5.41) is 0. The lowest BCUT2D eigenvalue weighted by Gasteiger charge is -2.18. The molecule has 0 aromatic rings. The third-order valence-electron chi connectivity index (χ3n) is 15.7. The van der Waals surface area contributed by atoms with Crippen molar-refractivity contribution in [2.45, 2.75) is 394 Å². The van der Waals surface area contributed by atoms with Crippen LogP contribution >= 0.6 is 0 Å². The molecular formula is C68H132O6. The molecule has 0 aliphatic heterocycles. The van der Waals surface area contributed by atoms with Crippen LogP contribution in [0.4, 0.5) is 0 Å². The number of hydrogen-bond donors (Lipinski definition) is 0. The second-order valence-corrected chi connectivity index (χ2v) is 24.4. The molecule has 6 heteroatoms. The molecule has 0 heterocycles. The second kappa shape index (κ2) is 60.6. The second-order valence-electron chi connectivity index (χ2n) is 24.4. The standard InChI is InChI=1S/C68H132O6/c1-6-7-8-9-10-11-12-13-14-17-23-28-33-38-43-48-53-58-66(69)72-61-65(74-68(71)60-55-50-45-40-35-30-25-20-22-27-32-37-42-47-52-57-64(4)5)62-73-67(70)59-54-49-44-39-34-29-24-19-16-15-18-21-26-31-36-41-46-51-56-63(2)3/h63-65H,6-62H2,1-5H3/t65-/m0/s1. The van der Waals surface area contributed by atoms with Gasteiger partial charge in [-0.3, -0.25) is 14.4 Å². The molecule has 0 aromatic carbocycles. The molecule has 0 N–H and O–H groups in total. The molecule has 0 radical (unpaired) electrons. The van der Waals surface area contributed by atoms with Gasteiger partial charge in [-0.1, -0.05) is 349 Å². The summed E-state index contributed by atoms with van der Waals surface area (Å²) in [6.45, 7) is 11.5. The third-order valence-corrected chi connectivity index (χ3v) is 15.7. The maximum Gasteiger partial charge on any atom is 0.306 e. The first-order valence-electron chi connectivity index (χ1n) is 33.7. The fourth-order valence-electron chi connectivity index (χ4n) is 10.6. The lowest BCUT2D eigenvalue weighted by atomic mass is 10.0. The molecule has 0 aliphatic carbocycles. The van der Waals surface area contributed by atoms with Gasteiger partial charge in [-0.2, -0.15) is 0 Å². The highest BCUT2D eigenvalue weighted by Gasteiger charge is 2.19. The van der Waals surface area contributed by atoms with Crippen molar-refractivity contribution >= 4 is 17.9 Å². The fraction of sp³-hybridized carbons (Fsp3) is 0.956. The molecule has 0 aromatic heterocycles. The molecule has 6 nitrogen and oxygen atoms in total. The van der Waals surface area contributed by atoms with Crippen molar-refractivity contribution in [2.75, 3.05) is 13.2 Å². The number of esters is 3. The molecule has 74 heavy (non-hydrogen) atoms. The maximum atomic E-state index is 12.9. The zero-order valence-corrected chi connectivity index (χ0v) is 51.0. The predicted molar refractivity (Wildman–Crippen MR) is 321 cm³/mol. The van der Waals surface area contributed by atoms with Crippen LogP contribution in [0.1, 0.15) is 388 Å². The quantitative estimate of drug-likeness (QED) is 0.0343. The molecular weight excluding hydrogens is 913 g/mol. The first-order chi connectivity index (χ1) is 36.2. The Hall–Kier alpha value is -1.59. The Bertz CT molecular complexity index is 1140. The van der Waals surface area contributed by atoms with Crippen LogP contribution in [0.5, 0.6) is 0 Å². The van der Waals surface area contributed by atoms with Gasteiger partial charge in [0, 0.05) is 19.3 Å². The first-order valence-corrected chi connectivity index (χ1v) is 33.7. The minimum atomic E-state index is -0.764. The van der Waals surface area contributed by atoms with E-state index in [1.165, 1.54) is 276 Å². The number of carbonyl (C=O) groups is 3. The van der Waals surface area contributed by atoms with Crippen LogP contribution in [0, 0.1) is 11.8 Å². The van der Waals surface area contributed by atoms with Crippen LogP contribution in [0.25, 0.3) is 0 Å². The van der Waals surface area contributed by atoms with E-state index in [0.29, 0.717) is 19.3 Å². The molecule has 440 valence electrons. The fourth-order valence-corrected chi connectivity index (χ4v) is 10.6. The Balaban J connectivity index is 4.27. The van der Waals surface area contributed by atoms with E-state index >= 15 is 0 Å². The lowest BCUT2D eigenvalue weighted by molar-refractivity contribution is -0.167. The number of ether oxygens (including phenoxy) is 3.